The summed E-state index contributed by atoms with van der Waals surface area (Å²) in [4.78, 5) is 32.0. The smallest absolute Gasteiger partial charge is 0.290 e. The molecule has 0 spiro atoms. The highest BCUT2D eigenvalue weighted by Gasteiger charge is 2.24. The number of fused-ring (bicyclic) bond motifs is 1. The van der Waals surface area contributed by atoms with Crippen LogP contribution in [-0.4, -0.2) is 39.2 Å². The standard InChI is InChI=1S/C22H26N4O2/c1-5-25(6-2)22(28)20-24-19(18-13-9-10-14-26(18)20)21(27)23-17-12-8-7-11-16(17)15(3)4/h7-15H,5-6H2,1-4H3,(H,23,27). The van der Waals surface area contributed by atoms with Gasteiger partial charge in [-0.3, -0.25) is 14.0 Å². The zero-order valence-electron chi connectivity index (χ0n) is 16.8. The van der Waals surface area contributed by atoms with E-state index in [1.807, 2.05) is 50.2 Å². The SMILES string of the molecule is CCN(CC)C(=O)c1nc(C(=O)Nc2ccccc2C(C)C)c2ccccn12. The first-order valence-corrected chi connectivity index (χ1v) is 9.64. The van der Waals surface area contributed by atoms with Crippen LogP contribution in [-0.2, 0) is 0 Å². The van der Waals surface area contributed by atoms with Crippen LogP contribution in [0, 0.1) is 0 Å². The van der Waals surface area contributed by atoms with Gasteiger partial charge in [-0.25, -0.2) is 4.98 Å². The zero-order chi connectivity index (χ0) is 20.3. The first kappa shape index (κ1) is 19.6. The van der Waals surface area contributed by atoms with Gasteiger partial charge in [-0.1, -0.05) is 38.1 Å². The number of para-hydroxylation sites is 1. The number of pyridine rings is 1. The summed E-state index contributed by atoms with van der Waals surface area (Å²) in [6.45, 7) is 9.18. The highest BCUT2D eigenvalue weighted by molar-refractivity contribution is 6.09. The Labute approximate surface area is 165 Å². The summed E-state index contributed by atoms with van der Waals surface area (Å²) in [5.41, 5.74) is 2.67. The Morgan fingerprint density at radius 1 is 1.07 bits per heavy atom. The van der Waals surface area contributed by atoms with Crippen LogP contribution in [0.25, 0.3) is 5.52 Å². The molecule has 3 aromatic rings. The number of carbonyl (C=O) groups excluding carboxylic acids is 2. The van der Waals surface area contributed by atoms with Crippen molar-refractivity contribution in [3.05, 3.63) is 65.7 Å². The molecule has 6 heteroatoms. The lowest BCUT2D eigenvalue weighted by Gasteiger charge is -2.17. The number of anilines is 1. The van der Waals surface area contributed by atoms with Gasteiger partial charge < -0.3 is 10.2 Å². The average Bonchev–Trinajstić information content (AvgIpc) is 3.09. The second kappa shape index (κ2) is 8.25. The number of benzene rings is 1. The molecule has 0 aliphatic heterocycles. The van der Waals surface area contributed by atoms with Gasteiger partial charge in [-0.2, -0.15) is 0 Å². The Morgan fingerprint density at radius 3 is 2.43 bits per heavy atom. The van der Waals surface area contributed by atoms with Crippen molar-refractivity contribution in [2.45, 2.75) is 33.6 Å². The first-order valence-electron chi connectivity index (χ1n) is 9.64. The number of nitrogens with one attached hydrogen (secondary N) is 1. The normalized spacial score (nSPS) is 11.0. The molecule has 2 aromatic heterocycles. The maximum absolute atomic E-state index is 13.0. The zero-order valence-corrected chi connectivity index (χ0v) is 16.8. The number of carbonyl (C=O) groups is 2. The Balaban J connectivity index is 2.02. The molecule has 0 fully saturated rings. The number of hydrogen-bond acceptors (Lipinski definition) is 3. The van der Waals surface area contributed by atoms with Crippen LogP contribution >= 0.6 is 0 Å². The summed E-state index contributed by atoms with van der Waals surface area (Å²) in [7, 11) is 0. The fraction of sp³-hybridized carbons (Fsp3) is 0.318. The summed E-state index contributed by atoms with van der Waals surface area (Å²) >= 11 is 0. The van der Waals surface area contributed by atoms with E-state index in [4.69, 9.17) is 0 Å². The van der Waals surface area contributed by atoms with Crippen LogP contribution in [0.2, 0.25) is 0 Å². The highest BCUT2D eigenvalue weighted by Crippen LogP contribution is 2.25. The molecule has 28 heavy (non-hydrogen) atoms. The molecule has 146 valence electrons. The Bertz CT molecular complexity index is 1000. The maximum atomic E-state index is 13.0. The minimum absolute atomic E-state index is 0.187. The molecule has 6 nitrogen and oxygen atoms in total. The fourth-order valence-corrected chi connectivity index (χ4v) is 3.30. The number of aromatic nitrogens is 2. The van der Waals surface area contributed by atoms with Gasteiger partial charge in [0.2, 0.25) is 5.82 Å². The van der Waals surface area contributed by atoms with Crippen LogP contribution in [0.4, 0.5) is 5.69 Å². The molecule has 0 atom stereocenters. The molecular weight excluding hydrogens is 352 g/mol. The first-order chi connectivity index (χ1) is 13.5. The minimum atomic E-state index is -0.324. The van der Waals surface area contributed by atoms with Crippen molar-refractivity contribution in [3.8, 4) is 0 Å². The molecule has 0 bridgehead atoms. The number of imidazole rings is 1. The van der Waals surface area contributed by atoms with Gasteiger partial charge in [0.15, 0.2) is 5.69 Å². The summed E-state index contributed by atoms with van der Waals surface area (Å²) < 4.78 is 1.68. The summed E-state index contributed by atoms with van der Waals surface area (Å²) in [6.07, 6.45) is 1.76. The molecular formula is C22H26N4O2. The molecule has 1 aromatic carbocycles. The summed E-state index contributed by atoms with van der Waals surface area (Å²) in [6, 6.07) is 13.2. The Hall–Kier alpha value is -3.15. The third-order valence-electron chi connectivity index (χ3n) is 4.84. The monoisotopic (exact) mass is 378 g/mol. The van der Waals surface area contributed by atoms with Gasteiger partial charge in [-0.15, -0.1) is 0 Å². The number of nitrogens with zero attached hydrogens (tertiary/aromatic N) is 3. The molecule has 0 radical (unpaired) electrons. The van der Waals surface area contributed by atoms with Gasteiger partial charge in [-0.05, 0) is 43.5 Å². The van der Waals surface area contributed by atoms with E-state index < -0.39 is 0 Å². The van der Waals surface area contributed by atoms with Crippen molar-refractivity contribution in [2.75, 3.05) is 18.4 Å². The predicted octanol–water partition coefficient (Wildman–Crippen LogP) is 4.19. The fourth-order valence-electron chi connectivity index (χ4n) is 3.30. The van der Waals surface area contributed by atoms with Crippen molar-refractivity contribution >= 4 is 23.0 Å². The number of rotatable bonds is 6. The van der Waals surface area contributed by atoms with Crippen LogP contribution in [0.15, 0.2) is 48.7 Å². The Kier molecular flexibility index (Phi) is 5.78. The lowest BCUT2D eigenvalue weighted by molar-refractivity contribution is 0.0760. The second-order valence-corrected chi connectivity index (χ2v) is 6.91. The van der Waals surface area contributed by atoms with E-state index in [0.717, 1.165) is 11.3 Å². The third kappa shape index (κ3) is 3.63. The van der Waals surface area contributed by atoms with Crippen LogP contribution in [0.1, 0.15) is 60.3 Å². The third-order valence-corrected chi connectivity index (χ3v) is 4.84. The summed E-state index contributed by atoms with van der Waals surface area (Å²) in [5.74, 6) is 0.0138. The number of hydrogen-bond donors (Lipinski definition) is 1. The highest BCUT2D eigenvalue weighted by atomic mass is 16.2. The van der Waals surface area contributed by atoms with Crippen molar-refractivity contribution in [1.82, 2.24) is 14.3 Å². The molecule has 0 aliphatic rings. The topological polar surface area (TPSA) is 66.7 Å². The van der Waals surface area contributed by atoms with Gasteiger partial charge >= 0.3 is 0 Å². The van der Waals surface area contributed by atoms with Gasteiger partial charge in [0.25, 0.3) is 11.8 Å². The largest absolute Gasteiger partial charge is 0.337 e. The minimum Gasteiger partial charge on any atom is -0.337 e. The van der Waals surface area contributed by atoms with E-state index in [2.05, 4.69) is 24.1 Å². The molecule has 0 saturated carbocycles. The lowest BCUT2D eigenvalue weighted by atomic mass is 10.0. The van der Waals surface area contributed by atoms with Crippen molar-refractivity contribution < 1.29 is 9.59 Å². The summed E-state index contributed by atoms with van der Waals surface area (Å²) in [5, 5.41) is 2.97. The Morgan fingerprint density at radius 2 is 1.75 bits per heavy atom. The molecule has 0 unspecified atom stereocenters. The molecule has 0 saturated heterocycles. The van der Waals surface area contributed by atoms with Crippen LogP contribution in [0.3, 0.4) is 0 Å². The van der Waals surface area contributed by atoms with Gasteiger partial charge in [0.05, 0.1) is 5.52 Å². The molecule has 2 amide bonds. The lowest BCUT2D eigenvalue weighted by Crippen LogP contribution is -2.32. The maximum Gasteiger partial charge on any atom is 0.290 e. The van der Waals surface area contributed by atoms with E-state index in [-0.39, 0.29) is 29.3 Å². The van der Waals surface area contributed by atoms with E-state index in [0.29, 0.717) is 18.6 Å². The van der Waals surface area contributed by atoms with E-state index in [1.165, 1.54) is 0 Å². The van der Waals surface area contributed by atoms with E-state index in [9.17, 15) is 9.59 Å². The predicted molar refractivity (Wildman–Crippen MR) is 111 cm³/mol. The van der Waals surface area contributed by atoms with Crippen molar-refractivity contribution in [2.24, 2.45) is 0 Å². The van der Waals surface area contributed by atoms with Crippen LogP contribution in [0.5, 0.6) is 0 Å². The van der Waals surface area contributed by atoms with Crippen molar-refractivity contribution in [1.29, 1.82) is 0 Å². The quantitative estimate of drug-likeness (QED) is 0.699. The molecule has 0 aliphatic carbocycles. The molecule has 2 heterocycles. The molecule has 3 rings (SSSR count). The van der Waals surface area contributed by atoms with Crippen LogP contribution < -0.4 is 5.32 Å². The molecule has 1 N–H and O–H groups in total. The van der Waals surface area contributed by atoms with E-state index >= 15 is 0 Å². The number of amides is 2. The van der Waals surface area contributed by atoms with Crippen molar-refractivity contribution in [3.63, 3.8) is 0 Å². The van der Waals surface area contributed by atoms with Gasteiger partial charge in [0.1, 0.15) is 0 Å². The van der Waals surface area contributed by atoms with Gasteiger partial charge in [0, 0.05) is 25.0 Å². The van der Waals surface area contributed by atoms with E-state index in [1.54, 1.807) is 21.6 Å². The average molecular weight is 378 g/mol. The second-order valence-electron chi connectivity index (χ2n) is 6.91.